The first-order valence-electron chi connectivity index (χ1n) is 11.8. The van der Waals surface area contributed by atoms with E-state index in [4.69, 9.17) is 4.74 Å². The van der Waals surface area contributed by atoms with E-state index in [0.717, 1.165) is 29.0 Å². The molecule has 0 aliphatic heterocycles. The molecule has 3 unspecified atom stereocenters. The van der Waals surface area contributed by atoms with Crippen molar-refractivity contribution in [1.82, 2.24) is 0 Å². The van der Waals surface area contributed by atoms with E-state index in [-0.39, 0.29) is 12.4 Å². The van der Waals surface area contributed by atoms with Crippen LogP contribution in [0, 0.1) is 17.8 Å². The van der Waals surface area contributed by atoms with Gasteiger partial charge in [0.2, 0.25) is 0 Å². The Balaban J connectivity index is 0.00000676. The number of quaternary nitrogens is 1. The Bertz CT molecular complexity index is 345. The SMILES string of the molecule is CCCCCCCCCCC[N+](C)(C)COC1CC(C)CCC1C(C)C.[Cl-]. The summed E-state index contributed by atoms with van der Waals surface area (Å²) in [5, 5.41) is 0. The normalized spacial score (nSPS) is 23.4. The first-order valence-corrected chi connectivity index (χ1v) is 11.8. The van der Waals surface area contributed by atoms with Crippen LogP contribution in [0.5, 0.6) is 0 Å². The van der Waals surface area contributed by atoms with Crippen molar-refractivity contribution in [3.05, 3.63) is 0 Å². The smallest absolute Gasteiger partial charge is 0.183 e. The van der Waals surface area contributed by atoms with Gasteiger partial charge in [-0.15, -0.1) is 0 Å². The summed E-state index contributed by atoms with van der Waals surface area (Å²) in [5.41, 5.74) is 0. The first kappa shape index (κ1) is 27.2. The second kappa shape index (κ2) is 15.1. The van der Waals surface area contributed by atoms with Crippen LogP contribution in [0.4, 0.5) is 0 Å². The van der Waals surface area contributed by atoms with Crippen molar-refractivity contribution in [2.75, 3.05) is 27.4 Å². The third-order valence-corrected chi connectivity index (χ3v) is 6.47. The molecule has 0 heterocycles. The van der Waals surface area contributed by atoms with Gasteiger partial charge >= 0.3 is 0 Å². The molecule has 1 rings (SSSR count). The molecule has 164 valence electrons. The van der Waals surface area contributed by atoms with Crippen LogP contribution in [0.3, 0.4) is 0 Å². The van der Waals surface area contributed by atoms with Crippen LogP contribution in [0.1, 0.15) is 105 Å². The molecule has 1 saturated carbocycles. The molecule has 0 radical (unpaired) electrons. The van der Waals surface area contributed by atoms with Gasteiger partial charge in [-0.1, -0.05) is 79.1 Å². The van der Waals surface area contributed by atoms with Gasteiger partial charge in [-0.25, -0.2) is 0 Å². The Kier molecular flexibility index (Phi) is 15.2. The second-order valence-corrected chi connectivity index (χ2v) is 10.1. The maximum Gasteiger partial charge on any atom is 0.183 e. The molecule has 27 heavy (non-hydrogen) atoms. The molecule has 0 saturated heterocycles. The van der Waals surface area contributed by atoms with Gasteiger partial charge in [-0.2, -0.15) is 0 Å². The predicted molar refractivity (Wildman–Crippen MR) is 115 cm³/mol. The fraction of sp³-hybridized carbons (Fsp3) is 1.00. The lowest BCUT2D eigenvalue weighted by molar-refractivity contribution is -0.911. The molecule has 0 bridgehead atoms. The molecular weight excluding hydrogens is 354 g/mol. The Labute approximate surface area is 177 Å². The van der Waals surface area contributed by atoms with Gasteiger partial charge in [-0.05, 0) is 43.4 Å². The molecule has 0 N–H and O–H groups in total. The number of hydrogen-bond donors (Lipinski definition) is 0. The zero-order valence-electron chi connectivity index (χ0n) is 19.4. The summed E-state index contributed by atoms with van der Waals surface area (Å²) >= 11 is 0. The van der Waals surface area contributed by atoms with Gasteiger partial charge in [0.05, 0.1) is 26.7 Å². The highest BCUT2D eigenvalue weighted by Gasteiger charge is 2.32. The second-order valence-electron chi connectivity index (χ2n) is 10.1. The summed E-state index contributed by atoms with van der Waals surface area (Å²) in [6.07, 6.45) is 17.2. The Morgan fingerprint density at radius 3 is 2.00 bits per heavy atom. The molecule has 3 atom stereocenters. The van der Waals surface area contributed by atoms with Crippen LogP contribution in [0.15, 0.2) is 0 Å². The summed E-state index contributed by atoms with van der Waals surface area (Å²) in [7, 11) is 4.70. The Morgan fingerprint density at radius 1 is 0.889 bits per heavy atom. The minimum Gasteiger partial charge on any atom is -1.00 e. The molecule has 0 amide bonds. The number of halogens is 1. The number of unbranched alkanes of at least 4 members (excludes halogenated alkanes) is 8. The Morgan fingerprint density at radius 2 is 1.44 bits per heavy atom. The molecule has 1 fully saturated rings. The van der Waals surface area contributed by atoms with Gasteiger partial charge < -0.3 is 21.6 Å². The highest BCUT2D eigenvalue weighted by atomic mass is 35.5. The number of nitrogens with zero attached hydrogens (tertiary/aromatic N) is 1. The zero-order valence-corrected chi connectivity index (χ0v) is 20.2. The van der Waals surface area contributed by atoms with Crippen LogP contribution in [-0.2, 0) is 4.74 Å². The van der Waals surface area contributed by atoms with E-state index >= 15 is 0 Å². The lowest BCUT2D eigenvalue weighted by Gasteiger charge is -2.39. The lowest BCUT2D eigenvalue weighted by atomic mass is 9.75. The van der Waals surface area contributed by atoms with E-state index in [0.29, 0.717) is 6.10 Å². The van der Waals surface area contributed by atoms with Crippen molar-refractivity contribution < 1.29 is 21.6 Å². The van der Waals surface area contributed by atoms with Crippen molar-refractivity contribution in [1.29, 1.82) is 0 Å². The number of ether oxygens (including phenoxy) is 1. The molecule has 1 aliphatic carbocycles. The highest BCUT2D eigenvalue weighted by Crippen LogP contribution is 2.35. The predicted octanol–water partition coefficient (Wildman–Crippen LogP) is 4.03. The van der Waals surface area contributed by atoms with Crippen molar-refractivity contribution in [2.24, 2.45) is 17.8 Å². The third-order valence-electron chi connectivity index (χ3n) is 6.47. The summed E-state index contributed by atoms with van der Waals surface area (Å²) in [6, 6.07) is 0. The van der Waals surface area contributed by atoms with Crippen molar-refractivity contribution in [3.8, 4) is 0 Å². The molecule has 0 spiro atoms. The van der Waals surface area contributed by atoms with Crippen molar-refractivity contribution >= 4 is 0 Å². The standard InChI is InChI=1S/C24H50NO.ClH/c1-7-8-9-10-11-12-13-14-15-18-25(5,6)20-26-24-19-22(4)16-17-23(24)21(2)3;/h21-24H,7-20H2,1-6H3;1H/q+1;/p-1. The lowest BCUT2D eigenvalue weighted by Crippen LogP contribution is -3.00. The quantitative estimate of drug-likeness (QED) is 0.241. The molecule has 0 aromatic heterocycles. The number of hydrogen-bond acceptors (Lipinski definition) is 1. The largest absolute Gasteiger partial charge is 1.00 e. The van der Waals surface area contributed by atoms with Crippen LogP contribution in [0.25, 0.3) is 0 Å². The topological polar surface area (TPSA) is 9.23 Å². The van der Waals surface area contributed by atoms with Gasteiger partial charge in [0, 0.05) is 0 Å². The van der Waals surface area contributed by atoms with Crippen LogP contribution < -0.4 is 12.4 Å². The molecular formula is C24H50ClNO. The van der Waals surface area contributed by atoms with Gasteiger partial charge in [0.15, 0.2) is 6.73 Å². The Hall–Kier alpha value is 0.210. The van der Waals surface area contributed by atoms with Gasteiger partial charge in [0.25, 0.3) is 0 Å². The van der Waals surface area contributed by atoms with Crippen molar-refractivity contribution in [2.45, 2.75) is 111 Å². The van der Waals surface area contributed by atoms with E-state index in [2.05, 4.69) is 41.8 Å². The van der Waals surface area contributed by atoms with E-state index in [1.54, 1.807) is 0 Å². The van der Waals surface area contributed by atoms with E-state index < -0.39 is 0 Å². The highest BCUT2D eigenvalue weighted by molar-refractivity contribution is 4.81. The van der Waals surface area contributed by atoms with Crippen LogP contribution in [-0.4, -0.2) is 38.0 Å². The molecule has 2 nitrogen and oxygen atoms in total. The average Bonchev–Trinajstić information content (AvgIpc) is 2.58. The summed E-state index contributed by atoms with van der Waals surface area (Å²) < 4.78 is 7.52. The minimum atomic E-state index is 0. The zero-order chi connectivity index (χ0) is 19.4. The summed E-state index contributed by atoms with van der Waals surface area (Å²) in [4.78, 5) is 0. The van der Waals surface area contributed by atoms with E-state index in [1.165, 1.54) is 83.6 Å². The average molecular weight is 404 g/mol. The van der Waals surface area contributed by atoms with E-state index in [9.17, 15) is 0 Å². The molecule has 1 aliphatic rings. The summed E-state index contributed by atoms with van der Waals surface area (Å²) in [5.74, 6) is 2.35. The third kappa shape index (κ3) is 12.4. The molecule has 0 aromatic rings. The van der Waals surface area contributed by atoms with Gasteiger partial charge in [-0.3, -0.25) is 0 Å². The van der Waals surface area contributed by atoms with Crippen LogP contribution >= 0.6 is 0 Å². The maximum atomic E-state index is 6.50. The minimum absolute atomic E-state index is 0. The number of rotatable bonds is 14. The fourth-order valence-corrected chi connectivity index (χ4v) is 4.52. The summed E-state index contributed by atoms with van der Waals surface area (Å²) in [6.45, 7) is 11.6. The first-order chi connectivity index (χ1) is 12.4. The maximum absolute atomic E-state index is 6.50. The molecule has 0 aromatic carbocycles. The molecule has 3 heteroatoms. The monoisotopic (exact) mass is 403 g/mol. The van der Waals surface area contributed by atoms with Crippen LogP contribution in [0.2, 0.25) is 0 Å². The fourth-order valence-electron chi connectivity index (χ4n) is 4.52. The van der Waals surface area contributed by atoms with E-state index in [1.807, 2.05) is 0 Å². The van der Waals surface area contributed by atoms with Gasteiger partial charge in [0.1, 0.15) is 0 Å². The van der Waals surface area contributed by atoms with Crippen molar-refractivity contribution in [3.63, 3.8) is 0 Å².